The molecule has 0 saturated heterocycles. The first-order valence-electron chi connectivity index (χ1n) is 6.39. The van der Waals surface area contributed by atoms with E-state index in [4.69, 9.17) is 4.74 Å². The molecule has 1 atom stereocenters. The predicted molar refractivity (Wildman–Crippen MR) is 73.9 cm³/mol. The summed E-state index contributed by atoms with van der Waals surface area (Å²) in [6.07, 6.45) is 0. The fourth-order valence-corrected chi connectivity index (χ4v) is 1.41. The number of amides is 1. The molecule has 1 N–H and O–H groups in total. The number of benzene rings is 1. The van der Waals surface area contributed by atoms with Crippen molar-refractivity contribution in [1.82, 2.24) is 5.32 Å². The predicted octanol–water partition coefficient (Wildman–Crippen LogP) is 2.84. The van der Waals surface area contributed by atoms with Crippen LogP contribution < -0.4 is 10.1 Å². The Morgan fingerprint density at radius 1 is 1.22 bits per heavy atom. The van der Waals surface area contributed by atoms with E-state index in [9.17, 15) is 4.79 Å². The normalized spacial score (nSPS) is 12.3. The highest BCUT2D eigenvalue weighted by atomic mass is 16.5. The minimum atomic E-state index is -0.0746. The van der Waals surface area contributed by atoms with Gasteiger partial charge in [-0.25, -0.2) is 0 Å². The number of hydrogen-bond acceptors (Lipinski definition) is 2. The summed E-state index contributed by atoms with van der Waals surface area (Å²) in [5.74, 6) is 1.09. The van der Waals surface area contributed by atoms with E-state index in [0.29, 0.717) is 5.92 Å². The monoisotopic (exact) mass is 249 g/mol. The van der Waals surface area contributed by atoms with E-state index in [-0.39, 0.29) is 18.6 Å². The van der Waals surface area contributed by atoms with Crippen molar-refractivity contribution in [3.8, 4) is 5.75 Å². The summed E-state index contributed by atoms with van der Waals surface area (Å²) in [5, 5.41) is 2.91. The number of carbonyl (C=O) groups excluding carboxylic acids is 1. The molecule has 0 aliphatic carbocycles. The lowest BCUT2D eigenvalue weighted by Gasteiger charge is -2.17. The van der Waals surface area contributed by atoms with Crippen molar-refractivity contribution in [1.29, 1.82) is 0 Å². The lowest BCUT2D eigenvalue weighted by atomic mass is 10.1. The van der Waals surface area contributed by atoms with Crippen LogP contribution in [0.5, 0.6) is 5.75 Å². The highest BCUT2D eigenvalue weighted by Crippen LogP contribution is 2.16. The molecule has 0 saturated carbocycles. The fraction of sp³-hybridized carbons (Fsp3) is 0.533. The van der Waals surface area contributed by atoms with Crippen molar-refractivity contribution < 1.29 is 9.53 Å². The minimum absolute atomic E-state index is 0.0690. The maximum atomic E-state index is 11.6. The van der Waals surface area contributed by atoms with Crippen molar-refractivity contribution in [2.24, 2.45) is 5.92 Å². The van der Waals surface area contributed by atoms with Gasteiger partial charge >= 0.3 is 0 Å². The van der Waals surface area contributed by atoms with E-state index in [1.807, 2.05) is 32.0 Å². The lowest BCUT2D eigenvalue weighted by Crippen LogP contribution is -2.38. The van der Waals surface area contributed by atoms with Gasteiger partial charge in [-0.15, -0.1) is 0 Å². The molecule has 0 aliphatic heterocycles. The summed E-state index contributed by atoms with van der Waals surface area (Å²) >= 11 is 0. The summed E-state index contributed by atoms with van der Waals surface area (Å²) in [6.45, 7) is 10.3. The largest absolute Gasteiger partial charge is 0.484 e. The molecule has 0 fully saturated rings. The van der Waals surface area contributed by atoms with Crippen LogP contribution in [0.3, 0.4) is 0 Å². The van der Waals surface area contributed by atoms with Gasteiger partial charge in [0.25, 0.3) is 5.91 Å². The van der Waals surface area contributed by atoms with Gasteiger partial charge < -0.3 is 10.1 Å². The molecule has 18 heavy (non-hydrogen) atoms. The molecule has 1 amide bonds. The molecular weight excluding hydrogens is 226 g/mol. The van der Waals surface area contributed by atoms with Gasteiger partial charge in [0, 0.05) is 6.04 Å². The van der Waals surface area contributed by atoms with E-state index in [0.717, 1.165) is 5.75 Å². The van der Waals surface area contributed by atoms with Crippen LogP contribution >= 0.6 is 0 Å². The van der Waals surface area contributed by atoms with Crippen LogP contribution in [0.15, 0.2) is 18.2 Å². The number of hydrogen-bond donors (Lipinski definition) is 1. The maximum absolute atomic E-state index is 11.6. The molecule has 3 heteroatoms. The maximum Gasteiger partial charge on any atom is 0.258 e. The van der Waals surface area contributed by atoms with Gasteiger partial charge in [-0.05, 0) is 49.9 Å². The van der Waals surface area contributed by atoms with E-state index in [1.165, 1.54) is 11.1 Å². The van der Waals surface area contributed by atoms with Crippen molar-refractivity contribution in [3.05, 3.63) is 29.3 Å². The number of ether oxygens (including phenoxy) is 1. The number of carbonyl (C=O) groups is 1. The van der Waals surface area contributed by atoms with Crippen LogP contribution in [0.2, 0.25) is 0 Å². The van der Waals surface area contributed by atoms with Gasteiger partial charge in [0.1, 0.15) is 5.75 Å². The van der Waals surface area contributed by atoms with Crippen LogP contribution in [0.1, 0.15) is 31.9 Å². The molecule has 0 unspecified atom stereocenters. The number of aryl methyl sites for hydroxylation is 2. The summed E-state index contributed by atoms with van der Waals surface area (Å²) in [6, 6.07) is 6.01. The fourth-order valence-electron chi connectivity index (χ4n) is 1.41. The molecule has 0 bridgehead atoms. The Morgan fingerprint density at radius 2 is 1.89 bits per heavy atom. The van der Waals surface area contributed by atoms with Crippen LogP contribution in [0.25, 0.3) is 0 Å². The van der Waals surface area contributed by atoms with Gasteiger partial charge in [-0.2, -0.15) is 0 Å². The zero-order chi connectivity index (χ0) is 13.7. The Bertz CT molecular complexity index is 413. The molecule has 0 heterocycles. The van der Waals surface area contributed by atoms with Gasteiger partial charge in [-0.1, -0.05) is 19.9 Å². The van der Waals surface area contributed by atoms with E-state index >= 15 is 0 Å². The van der Waals surface area contributed by atoms with Gasteiger partial charge in [0.15, 0.2) is 6.61 Å². The second-order valence-electron chi connectivity index (χ2n) is 5.13. The average Bonchev–Trinajstić information content (AvgIpc) is 2.30. The van der Waals surface area contributed by atoms with E-state index in [2.05, 4.69) is 26.1 Å². The van der Waals surface area contributed by atoms with Gasteiger partial charge in [0.05, 0.1) is 0 Å². The van der Waals surface area contributed by atoms with Crippen molar-refractivity contribution in [2.45, 2.75) is 40.7 Å². The Labute approximate surface area is 110 Å². The highest BCUT2D eigenvalue weighted by Gasteiger charge is 2.11. The smallest absolute Gasteiger partial charge is 0.258 e. The summed E-state index contributed by atoms with van der Waals surface area (Å²) in [7, 11) is 0. The summed E-state index contributed by atoms with van der Waals surface area (Å²) in [4.78, 5) is 11.6. The van der Waals surface area contributed by atoms with Gasteiger partial charge in [-0.3, -0.25) is 4.79 Å². The number of nitrogens with one attached hydrogen (secondary N) is 1. The minimum Gasteiger partial charge on any atom is -0.484 e. The van der Waals surface area contributed by atoms with Crippen molar-refractivity contribution in [2.75, 3.05) is 6.61 Å². The zero-order valence-corrected chi connectivity index (χ0v) is 11.9. The summed E-state index contributed by atoms with van der Waals surface area (Å²) < 4.78 is 5.47. The Balaban J connectivity index is 2.45. The van der Waals surface area contributed by atoms with Gasteiger partial charge in [0.2, 0.25) is 0 Å². The highest BCUT2D eigenvalue weighted by molar-refractivity contribution is 5.77. The molecule has 0 spiro atoms. The molecular formula is C15H23NO2. The Kier molecular flexibility index (Phi) is 5.20. The molecule has 3 nitrogen and oxygen atoms in total. The number of rotatable bonds is 5. The standard InChI is InChI=1S/C15H23NO2/c1-10(2)13(5)16-15(17)9-18-14-7-6-11(3)12(4)8-14/h6-8,10,13H,9H2,1-5H3,(H,16,17)/t13-/m1/s1. The van der Waals surface area contributed by atoms with Crippen LogP contribution in [0.4, 0.5) is 0 Å². The Morgan fingerprint density at radius 3 is 2.44 bits per heavy atom. The van der Waals surface area contributed by atoms with Crippen LogP contribution in [0, 0.1) is 19.8 Å². The molecule has 0 aromatic heterocycles. The topological polar surface area (TPSA) is 38.3 Å². The molecule has 100 valence electrons. The zero-order valence-electron chi connectivity index (χ0n) is 11.9. The third kappa shape index (κ3) is 4.40. The van der Waals surface area contributed by atoms with E-state index < -0.39 is 0 Å². The van der Waals surface area contributed by atoms with Crippen molar-refractivity contribution in [3.63, 3.8) is 0 Å². The average molecular weight is 249 g/mol. The quantitative estimate of drug-likeness (QED) is 0.871. The first-order chi connectivity index (χ1) is 8.40. The SMILES string of the molecule is Cc1ccc(OCC(=O)N[C@H](C)C(C)C)cc1C. The molecule has 1 rings (SSSR count). The second-order valence-corrected chi connectivity index (χ2v) is 5.13. The van der Waals surface area contributed by atoms with Crippen molar-refractivity contribution >= 4 is 5.91 Å². The first-order valence-corrected chi connectivity index (χ1v) is 6.39. The van der Waals surface area contributed by atoms with Crippen LogP contribution in [-0.4, -0.2) is 18.6 Å². The Hall–Kier alpha value is -1.51. The molecule has 0 aliphatic rings. The van der Waals surface area contributed by atoms with Crippen LogP contribution in [-0.2, 0) is 4.79 Å². The molecule has 1 aromatic rings. The lowest BCUT2D eigenvalue weighted by molar-refractivity contribution is -0.124. The first kappa shape index (κ1) is 14.6. The third-order valence-electron chi connectivity index (χ3n) is 3.24. The molecule has 0 radical (unpaired) electrons. The third-order valence-corrected chi connectivity index (χ3v) is 3.24. The van der Waals surface area contributed by atoms with E-state index in [1.54, 1.807) is 0 Å². The molecule has 1 aromatic carbocycles. The summed E-state index contributed by atoms with van der Waals surface area (Å²) in [5.41, 5.74) is 2.39. The second kappa shape index (κ2) is 6.43.